The van der Waals surface area contributed by atoms with Gasteiger partial charge in [0.15, 0.2) is 0 Å². The van der Waals surface area contributed by atoms with Gasteiger partial charge >= 0.3 is 0 Å². The fraction of sp³-hybridized carbons (Fsp3) is 0.909. The normalized spacial score (nSPS) is 32.6. The monoisotopic (exact) mass is 183 g/mol. The third-order valence-corrected chi connectivity index (χ3v) is 3.67. The van der Waals surface area contributed by atoms with Gasteiger partial charge in [-0.3, -0.25) is 4.79 Å². The summed E-state index contributed by atoms with van der Waals surface area (Å²) in [5.74, 6) is 1.21. The summed E-state index contributed by atoms with van der Waals surface area (Å²) in [7, 11) is 1.73. The van der Waals surface area contributed by atoms with Crippen LogP contribution in [-0.2, 0) is 4.79 Å². The molecule has 2 nitrogen and oxygen atoms in total. The predicted octanol–water partition coefficient (Wildman–Crippen LogP) is 2.19. The summed E-state index contributed by atoms with van der Waals surface area (Å²) in [5, 5.41) is 2.75. The van der Waals surface area contributed by atoms with Crippen molar-refractivity contribution in [3.05, 3.63) is 0 Å². The number of hydrogen-bond donors (Lipinski definition) is 1. The number of carbonyl (C=O) groups is 1. The Labute approximate surface area is 81.1 Å². The molecule has 2 heteroatoms. The molecule has 13 heavy (non-hydrogen) atoms. The second-order valence-corrected chi connectivity index (χ2v) is 4.98. The highest BCUT2D eigenvalue weighted by Gasteiger charge is 2.36. The van der Waals surface area contributed by atoms with Crippen molar-refractivity contribution in [1.29, 1.82) is 0 Å². The summed E-state index contributed by atoms with van der Waals surface area (Å²) < 4.78 is 0. The van der Waals surface area contributed by atoms with E-state index in [0.29, 0.717) is 5.41 Å². The summed E-state index contributed by atoms with van der Waals surface area (Å²) in [6.07, 6.45) is 3.28. The number of nitrogens with one attached hydrogen (secondary N) is 1. The maximum atomic E-state index is 11.5. The molecule has 0 saturated heterocycles. The maximum absolute atomic E-state index is 11.5. The standard InChI is InChI=1S/C11H21NO/c1-8-5-6-9(10(13)12-4)7-11(8,2)3/h8-9H,5-7H2,1-4H3,(H,12,13). The maximum Gasteiger partial charge on any atom is 0.222 e. The van der Waals surface area contributed by atoms with Gasteiger partial charge in [-0.25, -0.2) is 0 Å². The van der Waals surface area contributed by atoms with Gasteiger partial charge in [0, 0.05) is 13.0 Å². The van der Waals surface area contributed by atoms with E-state index in [1.165, 1.54) is 6.42 Å². The van der Waals surface area contributed by atoms with Gasteiger partial charge in [-0.1, -0.05) is 20.8 Å². The lowest BCUT2D eigenvalue weighted by atomic mass is 9.66. The Morgan fingerprint density at radius 2 is 2.00 bits per heavy atom. The van der Waals surface area contributed by atoms with Crippen LogP contribution in [0.4, 0.5) is 0 Å². The van der Waals surface area contributed by atoms with Crippen molar-refractivity contribution in [1.82, 2.24) is 5.32 Å². The molecular weight excluding hydrogens is 162 g/mol. The minimum absolute atomic E-state index is 0.222. The number of carbonyl (C=O) groups excluding carboxylic acids is 1. The third kappa shape index (κ3) is 2.23. The molecule has 0 heterocycles. The second kappa shape index (κ2) is 3.69. The van der Waals surface area contributed by atoms with E-state index in [9.17, 15) is 4.79 Å². The Morgan fingerprint density at radius 3 is 2.46 bits per heavy atom. The van der Waals surface area contributed by atoms with E-state index < -0.39 is 0 Å². The highest BCUT2D eigenvalue weighted by Crippen LogP contribution is 2.42. The highest BCUT2D eigenvalue weighted by atomic mass is 16.1. The Balaban J connectivity index is 2.60. The fourth-order valence-corrected chi connectivity index (χ4v) is 2.21. The van der Waals surface area contributed by atoms with Gasteiger partial charge in [-0.2, -0.15) is 0 Å². The van der Waals surface area contributed by atoms with E-state index in [1.807, 2.05) is 0 Å². The average molecular weight is 183 g/mol. The summed E-state index contributed by atoms with van der Waals surface area (Å²) in [4.78, 5) is 11.5. The minimum atomic E-state index is 0.222. The van der Waals surface area contributed by atoms with E-state index in [1.54, 1.807) is 7.05 Å². The van der Waals surface area contributed by atoms with Crippen LogP contribution < -0.4 is 5.32 Å². The summed E-state index contributed by atoms with van der Waals surface area (Å²) in [5.41, 5.74) is 0.329. The number of amides is 1. The Morgan fingerprint density at radius 1 is 1.38 bits per heavy atom. The van der Waals surface area contributed by atoms with Gasteiger partial charge in [0.2, 0.25) is 5.91 Å². The molecule has 1 aliphatic carbocycles. The molecule has 76 valence electrons. The first-order valence-corrected chi connectivity index (χ1v) is 5.19. The number of hydrogen-bond acceptors (Lipinski definition) is 1. The van der Waals surface area contributed by atoms with Crippen LogP contribution in [0.15, 0.2) is 0 Å². The Kier molecular flexibility index (Phi) is 2.99. The molecule has 0 aliphatic heterocycles. The summed E-state index contributed by atoms with van der Waals surface area (Å²) in [6.45, 7) is 6.83. The molecule has 2 unspecified atom stereocenters. The lowest BCUT2D eigenvalue weighted by Gasteiger charge is -2.40. The molecule has 1 rings (SSSR count). The molecule has 1 fully saturated rings. The zero-order chi connectivity index (χ0) is 10.1. The highest BCUT2D eigenvalue weighted by molar-refractivity contribution is 5.78. The molecule has 1 amide bonds. The third-order valence-electron chi connectivity index (χ3n) is 3.67. The van der Waals surface area contributed by atoms with Gasteiger partial charge in [-0.05, 0) is 30.6 Å². The van der Waals surface area contributed by atoms with Crippen LogP contribution in [0.1, 0.15) is 40.0 Å². The van der Waals surface area contributed by atoms with Gasteiger partial charge in [0.1, 0.15) is 0 Å². The molecule has 0 bridgehead atoms. The zero-order valence-corrected chi connectivity index (χ0v) is 9.18. The topological polar surface area (TPSA) is 29.1 Å². The Hall–Kier alpha value is -0.530. The first-order chi connectivity index (χ1) is 5.97. The van der Waals surface area contributed by atoms with Crippen LogP contribution in [0.25, 0.3) is 0 Å². The first kappa shape index (κ1) is 10.6. The van der Waals surface area contributed by atoms with Crippen LogP contribution in [0, 0.1) is 17.3 Å². The summed E-state index contributed by atoms with van der Waals surface area (Å²) >= 11 is 0. The SMILES string of the molecule is CNC(=O)C1CCC(C)C(C)(C)C1. The van der Waals surface area contributed by atoms with Crippen LogP contribution in [0.3, 0.4) is 0 Å². The van der Waals surface area contributed by atoms with E-state index in [4.69, 9.17) is 0 Å². The van der Waals surface area contributed by atoms with Gasteiger partial charge in [0.05, 0.1) is 0 Å². The molecule has 1 aliphatic rings. The van der Waals surface area contributed by atoms with Crippen LogP contribution in [-0.4, -0.2) is 13.0 Å². The fourth-order valence-electron chi connectivity index (χ4n) is 2.21. The smallest absolute Gasteiger partial charge is 0.222 e. The molecule has 1 N–H and O–H groups in total. The lowest BCUT2D eigenvalue weighted by Crippen LogP contribution is -2.37. The molecule has 0 aromatic heterocycles. The van der Waals surface area contributed by atoms with Crippen molar-refractivity contribution in [2.45, 2.75) is 40.0 Å². The van der Waals surface area contributed by atoms with Crippen molar-refractivity contribution >= 4 is 5.91 Å². The molecule has 0 radical (unpaired) electrons. The van der Waals surface area contributed by atoms with E-state index in [2.05, 4.69) is 26.1 Å². The van der Waals surface area contributed by atoms with E-state index in [0.717, 1.165) is 18.8 Å². The molecule has 1 saturated carbocycles. The molecule has 0 aromatic carbocycles. The first-order valence-electron chi connectivity index (χ1n) is 5.19. The molecule has 0 spiro atoms. The van der Waals surface area contributed by atoms with Gasteiger partial charge < -0.3 is 5.32 Å². The van der Waals surface area contributed by atoms with Crippen LogP contribution in [0.5, 0.6) is 0 Å². The van der Waals surface area contributed by atoms with Gasteiger partial charge in [0.25, 0.3) is 0 Å². The van der Waals surface area contributed by atoms with Crippen molar-refractivity contribution < 1.29 is 4.79 Å². The largest absolute Gasteiger partial charge is 0.359 e. The minimum Gasteiger partial charge on any atom is -0.359 e. The van der Waals surface area contributed by atoms with Crippen molar-refractivity contribution in [3.63, 3.8) is 0 Å². The van der Waals surface area contributed by atoms with Gasteiger partial charge in [-0.15, -0.1) is 0 Å². The van der Waals surface area contributed by atoms with Crippen LogP contribution in [0.2, 0.25) is 0 Å². The van der Waals surface area contributed by atoms with E-state index in [-0.39, 0.29) is 11.8 Å². The van der Waals surface area contributed by atoms with Crippen LogP contribution >= 0.6 is 0 Å². The molecular formula is C11H21NO. The van der Waals surface area contributed by atoms with Crippen molar-refractivity contribution in [2.24, 2.45) is 17.3 Å². The predicted molar refractivity (Wildman–Crippen MR) is 54.4 cm³/mol. The van der Waals surface area contributed by atoms with E-state index >= 15 is 0 Å². The lowest BCUT2D eigenvalue weighted by molar-refractivity contribution is -0.127. The molecule has 0 aromatic rings. The summed E-state index contributed by atoms with van der Waals surface area (Å²) in [6, 6.07) is 0. The molecule has 2 atom stereocenters. The van der Waals surface area contributed by atoms with Crippen molar-refractivity contribution in [3.8, 4) is 0 Å². The average Bonchev–Trinajstić information content (AvgIpc) is 2.08. The Bertz CT molecular complexity index is 198. The second-order valence-electron chi connectivity index (χ2n) is 4.98. The zero-order valence-electron chi connectivity index (χ0n) is 9.18. The number of rotatable bonds is 1. The van der Waals surface area contributed by atoms with Crippen molar-refractivity contribution in [2.75, 3.05) is 7.05 Å². The quantitative estimate of drug-likeness (QED) is 0.663.